The van der Waals surface area contributed by atoms with Crippen LogP contribution in [0.25, 0.3) is 0 Å². The summed E-state index contributed by atoms with van der Waals surface area (Å²) in [7, 11) is 0. The van der Waals surface area contributed by atoms with Crippen molar-refractivity contribution in [3.63, 3.8) is 0 Å². The highest BCUT2D eigenvalue weighted by Gasteiger charge is 2.35. The lowest BCUT2D eigenvalue weighted by atomic mass is 9.82. The predicted octanol–water partition coefficient (Wildman–Crippen LogP) is 2.92. The van der Waals surface area contributed by atoms with Gasteiger partial charge in [-0.25, -0.2) is 0 Å². The van der Waals surface area contributed by atoms with E-state index in [1.54, 1.807) is 6.07 Å². The molecular weight excluding hydrogens is 254 g/mol. The molecule has 110 valence electrons. The van der Waals surface area contributed by atoms with Gasteiger partial charge in [-0.2, -0.15) is 0 Å². The van der Waals surface area contributed by atoms with Crippen molar-refractivity contribution in [2.24, 2.45) is 5.41 Å². The van der Waals surface area contributed by atoms with Crippen LogP contribution in [0.3, 0.4) is 0 Å². The Hall–Kier alpha value is -1.84. The van der Waals surface area contributed by atoms with E-state index in [2.05, 4.69) is 5.32 Å². The minimum atomic E-state index is -0.880. The number of nitrogens with one attached hydrogen (secondary N) is 1. The Kier molecular flexibility index (Phi) is 5.31. The molecule has 0 saturated carbocycles. The topological polar surface area (TPSA) is 66.4 Å². The maximum atomic E-state index is 12.1. The highest BCUT2D eigenvalue weighted by Crippen LogP contribution is 2.25. The molecule has 0 atom stereocenters. The highest BCUT2D eigenvalue weighted by molar-refractivity contribution is 5.94. The average molecular weight is 277 g/mol. The van der Waals surface area contributed by atoms with Crippen molar-refractivity contribution in [3.8, 4) is 0 Å². The standard InChI is InChI=1S/C16H23NO3/c1-5-16(6-2,15(19)20)10-17-14(18)13-8-7-11(3)12(4)9-13/h7-9H,5-6,10H2,1-4H3,(H,17,18)(H,19,20). The molecule has 4 nitrogen and oxygen atoms in total. The van der Waals surface area contributed by atoms with Gasteiger partial charge in [0.05, 0.1) is 5.41 Å². The maximum Gasteiger partial charge on any atom is 0.311 e. The Morgan fingerprint density at radius 1 is 1.15 bits per heavy atom. The van der Waals surface area contributed by atoms with E-state index in [0.29, 0.717) is 18.4 Å². The van der Waals surface area contributed by atoms with Gasteiger partial charge in [0.2, 0.25) is 0 Å². The van der Waals surface area contributed by atoms with E-state index < -0.39 is 11.4 Å². The summed E-state index contributed by atoms with van der Waals surface area (Å²) in [6.07, 6.45) is 0.984. The minimum absolute atomic E-state index is 0.154. The van der Waals surface area contributed by atoms with Crippen LogP contribution in [0.5, 0.6) is 0 Å². The maximum absolute atomic E-state index is 12.1. The van der Waals surface area contributed by atoms with E-state index in [1.165, 1.54) is 0 Å². The van der Waals surface area contributed by atoms with Crippen molar-refractivity contribution in [2.45, 2.75) is 40.5 Å². The van der Waals surface area contributed by atoms with Gasteiger partial charge in [-0.05, 0) is 49.9 Å². The van der Waals surface area contributed by atoms with E-state index in [0.717, 1.165) is 11.1 Å². The predicted molar refractivity (Wildman–Crippen MR) is 78.9 cm³/mol. The molecule has 0 aliphatic carbocycles. The molecular formula is C16H23NO3. The number of benzene rings is 1. The molecule has 2 N–H and O–H groups in total. The molecule has 0 unspecified atom stereocenters. The normalized spacial score (nSPS) is 11.2. The van der Waals surface area contributed by atoms with Gasteiger partial charge < -0.3 is 10.4 Å². The average Bonchev–Trinajstić information content (AvgIpc) is 2.43. The smallest absolute Gasteiger partial charge is 0.311 e. The van der Waals surface area contributed by atoms with Crippen LogP contribution in [-0.2, 0) is 4.79 Å². The van der Waals surface area contributed by atoms with E-state index in [9.17, 15) is 14.7 Å². The first-order chi connectivity index (χ1) is 9.36. The van der Waals surface area contributed by atoms with Crippen LogP contribution in [0.4, 0.5) is 0 Å². The SMILES string of the molecule is CCC(CC)(CNC(=O)c1ccc(C)c(C)c1)C(=O)O. The van der Waals surface area contributed by atoms with Crippen molar-refractivity contribution in [2.75, 3.05) is 6.54 Å². The fourth-order valence-corrected chi connectivity index (χ4v) is 2.11. The van der Waals surface area contributed by atoms with Crippen LogP contribution < -0.4 is 5.32 Å². The summed E-state index contributed by atoms with van der Waals surface area (Å²) >= 11 is 0. The Morgan fingerprint density at radius 3 is 2.20 bits per heavy atom. The van der Waals surface area contributed by atoms with Crippen LogP contribution in [0.1, 0.15) is 48.2 Å². The lowest BCUT2D eigenvalue weighted by Crippen LogP contribution is -2.42. The number of amides is 1. The second-order valence-electron chi connectivity index (χ2n) is 5.27. The van der Waals surface area contributed by atoms with Crippen LogP contribution >= 0.6 is 0 Å². The zero-order valence-electron chi connectivity index (χ0n) is 12.6. The molecule has 20 heavy (non-hydrogen) atoms. The van der Waals surface area contributed by atoms with Gasteiger partial charge >= 0.3 is 5.97 Å². The lowest BCUT2D eigenvalue weighted by molar-refractivity contribution is -0.149. The second kappa shape index (κ2) is 6.55. The monoisotopic (exact) mass is 277 g/mol. The summed E-state index contributed by atoms with van der Waals surface area (Å²) in [6.45, 7) is 7.76. The first-order valence-electron chi connectivity index (χ1n) is 6.95. The molecule has 1 aromatic carbocycles. The lowest BCUT2D eigenvalue weighted by Gasteiger charge is -2.26. The number of hydrogen-bond donors (Lipinski definition) is 2. The van der Waals surface area contributed by atoms with E-state index in [4.69, 9.17) is 0 Å². The van der Waals surface area contributed by atoms with Crippen molar-refractivity contribution in [1.29, 1.82) is 0 Å². The van der Waals surface area contributed by atoms with Crippen LogP contribution in [-0.4, -0.2) is 23.5 Å². The first kappa shape index (κ1) is 16.2. The van der Waals surface area contributed by atoms with Gasteiger partial charge in [0.25, 0.3) is 5.91 Å². The first-order valence-corrected chi connectivity index (χ1v) is 6.95. The quantitative estimate of drug-likeness (QED) is 0.840. The molecule has 4 heteroatoms. The molecule has 1 aromatic rings. The van der Waals surface area contributed by atoms with Gasteiger partial charge in [-0.15, -0.1) is 0 Å². The summed E-state index contributed by atoms with van der Waals surface area (Å²) in [4.78, 5) is 23.5. The number of hydrogen-bond acceptors (Lipinski definition) is 2. The van der Waals surface area contributed by atoms with Gasteiger partial charge in [0.1, 0.15) is 0 Å². The Morgan fingerprint density at radius 2 is 1.75 bits per heavy atom. The van der Waals surface area contributed by atoms with E-state index >= 15 is 0 Å². The molecule has 1 rings (SSSR count). The van der Waals surface area contributed by atoms with Crippen LogP contribution in [0, 0.1) is 19.3 Å². The van der Waals surface area contributed by atoms with E-state index in [-0.39, 0.29) is 12.5 Å². The summed E-state index contributed by atoms with van der Waals surface area (Å²) in [5, 5.41) is 12.1. The third-order valence-corrected chi connectivity index (χ3v) is 4.16. The van der Waals surface area contributed by atoms with Gasteiger partial charge in [0.15, 0.2) is 0 Å². The molecule has 0 saturated heterocycles. The number of rotatable bonds is 6. The zero-order valence-corrected chi connectivity index (χ0v) is 12.6. The largest absolute Gasteiger partial charge is 0.481 e. The fraction of sp³-hybridized carbons (Fsp3) is 0.500. The van der Waals surface area contributed by atoms with Gasteiger partial charge in [-0.3, -0.25) is 9.59 Å². The number of carbonyl (C=O) groups excluding carboxylic acids is 1. The van der Waals surface area contributed by atoms with Crippen LogP contribution in [0.2, 0.25) is 0 Å². The van der Waals surface area contributed by atoms with Crippen molar-refractivity contribution in [1.82, 2.24) is 5.32 Å². The number of carboxylic acids is 1. The Labute approximate surface area is 120 Å². The third kappa shape index (κ3) is 3.38. The molecule has 0 aliphatic rings. The van der Waals surface area contributed by atoms with Gasteiger partial charge in [-0.1, -0.05) is 19.9 Å². The van der Waals surface area contributed by atoms with E-state index in [1.807, 2.05) is 39.8 Å². The third-order valence-electron chi connectivity index (χ3n) is 4.16. The van der Waals surface area contributed by atoms with Gasteiger partial charge in [0, 0.05) is 12.1 Å². The molecule has 0 aromatic heterocycles. The fourth-order valence-electron chi connectivity index (χ4n) is 2.11. The zero-order chi connectivity index (χ0) is 15.3. The van der Waals surface area contributed by atoms with Crippen molar-refractivity contribution in [3.05, 3.63) is 34.9 Å². The molecule has 0 aliphatic heterocycles. The second-order valence-corrected chi connectivity index (χ2v) is 5.27. The Balaban J connectivity index is 2.80. The van der Waals surface area contributed by atoms with Crippen molar-refractivity contribution >= 4 is 11.9 Å². The summed E-state index contributed by atoms with van der Waals surface area (Å²) < 4.78 is 0. The summed E-state index contributed by atoms with van der Waals surface area (Å²) in [5.41, 5.74) is 1.87. The number of aliphatic carboxylic acids is 1. The number of carboxylic acid groups (broad SMARTS) is 1. The summed E-state index contributed by atoms with van der Waals surface area (Å²) in [6, 6.07) is 5.48. The van der Waals surface area contributed by atoms with Crippen LogP contribution in [0.15, 0.2) is 18.2 Å². The molecule has 0 radical (unpaired) electrons. The number of aryl methyl sites for hydroxylation is 2. The molecule has 0 fully saturated rings. The number of carbonyl (C=O) groups is 2. The molecule has 0 heterocycles. The highest BCUT2D eigenvalue weighted by atomic mass is 16.4. The minimum Gasteiger partial charge on any atom is -0.481 e. The Bertz CT molecular complexity index is 504. The molecule has 1 amide bonds. The summed E-state index contributed by atoms with van der Waals surface area (Å²) in [5.74, 6) is -1.08. The molecule has 0 spiro atoms. The van der Waals surface area contributed by atoms with Crippen molar-refractivity contribution < 1.29 is 14.7 Å². The molecule has 0 bridgehead atoms.